The van der Waals surface area contributed by atoms with E-state index in [1.54, 1.807) is 0 Å². The minimum Gasteiger partial charge on any atom is -0.486 e. The second kappa shape index (κ2) is 6.46. The zero-order chi connectivity index (χ0) is 18.3. The molecule has 0 saturated carbocycles. The second-order valence-electron chi connectivity index (χ2n) is 7.46. The normalized spacial score (nSPS) is 20.5. The molecule has 0 bridgehead atoms. The van der Waals surface area contributed by atoms with Gasteiger partial charge in [0, 0.05) is 38.2 Å². The first-order chi connectivity index (χ1) is 13.2. The third-order valence-corrected chi connectivity index (χ3v) is 5.62. The van der Waals surface area contributed by atoms with Gasteiger partial charge in [-0.3, -0.25) is 9.69 Å². The summed E-state index contributed by atoms with van der Waals surface area (Å²) in [6, 6.07) is 13.9. The first-order valence-corrected chi connectivity index (χ1v) is 9.51. The van der Waals surface area contributed by atoms with Gasteiger partial charge in [-0.2, -0.15) is 0 Å². The van der Waals surface area contributed by atoms with Crippen molar-refractivity contribution in [3.8, 4) is 11.5 Å². The number of carbonyl (C=O) groups excluding carboxylic acids is 1. The Morgan fingerprint density at radius 3 is 2.59 bits per heavy atom. The summed E-state index contributed by atoms with van der Waals surface area (Å²) in [5.41, 5.74) is 2.54. The lowest BCUT2D eigenvalue weighted by Crippen LogP contribution is -2.62. The molecule has 5 rings (SSSR count). The molecule has 2 aromatic rings. The van der Waals surface area contributed by atoms with Gasteiger partial charge in [0.2, 0.25) is 0 Å². The van der Waals surface area contributed by atoms with E-state index >= 15 is 0 Å². The van der Waals surface area contributed by atoms with Crippen LogP contribution in [0, 0.1) is 0 Å². The molecule has 27 heavy (non-hydrogen) atoms. The standard InChI is InChI=1S/C21H23N3O3/c25-20-16-3-1-2-4-17(16)22-21(23-20)7-9-24(10-8-21)14-15-5-6-18-19(13-15)27-12-11-26-18/h1-6,13,22H,7-12,14H2,(H,23,25). The summed E-state index contributed by atoms with van der Waals surface area (Å²) < 4.78 is 11.3. The van der Waals surface area contributed by atoms with E-state index in [1.165, 1.54) is 5.56 Å². The van der Waals surface area contributed by atoms with E-state index in [-0.39, 0.29) is 11.6 Å². The zero-order valence-electron chi connectivity index (χ0n) is 15.2. The molecule has 1 fully saturated rings. The topological polar surface area (TPSA) is 62.8 Å². The summed E-state index contributed by atoms with van der Waals surface area (Å²) in [6.07, 6.45) is 1.75. The fourth-order valence-corrected chi connectivity index (χ4v) is 4.15. The molecule has 0 atom stereocenters. The predicted molar refractivity (Wildman–Crippen MR) is 102 cm³/mol. The monoisotopic (exact) mass is 365 g/mol. The molecule has 6 heteroatoms. The first kappa shape index (κ1) is 16.4. The van der Waals surface area contributed by atoms with Crippen molar-refractivity contribution >= 4 is 11.6 Å². The Labute approximate surface area is 158 Å². The van der Waals surface area contributed by atoms with E-state index in [0.29, 0.717) is 13.2 Å². The van der Waals surface area contributed by atoms with Crippen molar-refractivity contribution in [2.75, 3.05) is 31.6 Å². The summed E-state index contributed by atoms with van der Waals surface area (Å²) in [6.45, 7) is 3.93. The van der Waals surface area contributed by atoms with Crippen LogP contribution in [0.1, 0.15) is 28.8 Å². The van der Waals surface area contributed by atoms with Crippen LogP contribution in [0.3, 0.4) is 0 Å². The van der Waals surface area contributed by atoms with Gasteiger partial charge in [-0.05, 0) is 29.8 Å². The Hall–Kier alpha value is -2.73. The highest BCUT2D eigenvalue weighted by Crippen LogP contribution is 2.33. The van der Waals surface area contributed by atoms with E-state index in [1.807, 2.05) is 30.3 Å². The second-order valence-corrected chi connectivity index (χ2v) is 7.46. The number of hydrogen-bond acceptors (Lipinski definition) is 5. The number of rotatable bonds is 2. The molecule has 0 unspecified atom stereocenters. The van der Waals surface area contributed by atoms with Crippen LogP contribution in [0.15, 0.2) is 42.5 Å². The van der Waals surface area contributed by atoms with Gasteiger partial charge in [0.1, 0.15) is 18.9 Å². The number of hydrogen-bond donors (Lipinski definition) is 2. The van der Waals surface area contributed by atoms with E-state index in [2.05, 4.69) is 27.7 Å². The highest BCUT2D eigenvalue weighted by molar-refractivity contribution is 6.02. The maximum atomic E-state index is 12.5. The minimum absolute atomic E-state index is 0.0182. The Bertz CT molecular complexity index is 875. The van der Waals surface area contributed by atoms with Gasteiger partial charge in [-0.25, -0.2) is 0 Å². The van der Waals surface area contributed by atoms with Crippen molar-refractivity contribution in [2.45, 2.75) is 25.0 Å². The molecule has 0 aromatic heterocycles. The molecule has 3 aliphatic rings. The molecule has 6 nitrogen and oxygen atoms in total. The summed E-state index contributed by atoms with van der Waals surface area (Å²) in [5.74, 6) is 1.69. The Balaban J connectivity index is 1.25. The maximum absolute atomic E-state index is 12.5. The first-order valence-electron chi connectivity index (χ1n) is 9.51. The lowest BCUT2D eigenvalue weighted by molar-refractivity contribution is 0.0822. The van der Waals surface area contributed by atoms with E-state index in [9.17, 15) is 4.79 Å². The number of amides is 1. The number of anilines is 1. The van der Waals surface area contributed by atoms with Crippen LogP contribution >= 0.6 is 0 Å². The van der Waals surface area contributed by atoms with Gasteiger partial charge in [0.05, 0.1) is 5.56 Å². The molecule has 1 saturated heterocycles. The van der Waals surface area contributed by atoms with Crippen molar-refractivity contribution < 1.29 is 14.3 Å². The molecular formula is C21H23N3O3. The smallest absolute Gasteiger partial charge is 0.255 e. The molecule has 2 aromatic carbocycles. The number of nitrogens with zero attached hydrogens (tertiary/aromatic N) is 1. The molecule has 0 radical (unpaired) electrons. The van der Waals surface area contributed by atoms with Gasteiger partial charge >= 0.3 is 0 Å². The Kier molecular flexibility index (Phi) is 3.93. The van der Waals surface area contributed by atoms with Gasteiger partial charge < -0.3 is 20.1 Å². The number of nitrogens with one attached hydrogen (secondary N) is 2. The summed E-state index contributed by atoms with van der Waals surface area (Å²) in [5, 5.41) is 6.77. The Morgan fingerprint density at radius 1 is 0.963 bits per heavy atom. The predicted octanol–water partition coefficient (Wildman–Crippen LogP) is 2.61. The van der Waals surface area contributed by atoms with Crippen LogP contribution in [0.2, 0.25) is 0 Å². The number of likely N-dealkylation sites (tertiary alicyclic amines) is 1. The van der Waals surface area contributed by atoms with Crippen LogP contribution in [0.4, 0.5) is 5.69 Å². The minimum atomic E-state index is -0.339. The quantitative estimate of drug-likeness (QED) is 0.857. The molecular weight excluding hydrogens is 342 g/mol. The fourth-order valence-electron chi connectivity index (χ4n) is 4.15. The average Bonchev–Trinajstić information content (AvgIpc) is 2.70. The van der Waals surface area contributed by atoms with Crippen molar-refractivity contribution in [1.82, 2.24) is 10.2 Å². The maximum Gasteiger partial charge on any atom is 0.255 e. The lowest BCUT2D eigenvalue weighted by atomic mass is 9.92. The van der Waals surface area contributed by atoms with E-state index < -0.39 is 0 Å². The molecule has 3 heterocycles. The zero-order valence-corrected chi connectivity index (χ0v) is 15.2. The van der Waals surface area contributed by atoms with Crippen molar-refractivity contribution in [1.29, 1.82) is 0 Å². The fraction of sp³-hybridized carbons (Fsp3) is 0.381. The highest BCUT2D eigenvalue weighted by Gasteiger charge is 2.39. The number of benzene rings is 2. The van der Waals surface area contributed by atoms with Gasteiger partial charge in [0.15, 0.2) is 11.5 Å². The molecule has 1 amide bonds. The van der Waals surface area contributed by atoms with Crippen molar-refractivity contribution in [3.63, 3.8) is 0 Å². The number of para-hydroxylation sites is 1. The molecule has 140 valence electrons. The van der Waals surface area contributed by atoms with Gasteiger partial charge in [-0.15, -0.1) is 0 Å². The number of ether oxygens (including phenoxy) is 2. The molecule has 1 spiro atoms. The van der Waals surface area contributed by atoms with E-state index in [0.717, 1.165) is 55.2 Å². The third-order valence-electron chi connectivity index (χ3n) is 5.62. The summed E-state index contributed by atoms with van der Waals surface area (Å²) in [7, 11) is 0. The van der Waals surface area contributed by atoms with Crippen LogP contribution in [-0.4, -0.2) is 42.8 Å². The van der Waals surface area contributed by atoms with Crippen molar-refractivity contribution in [2.24, 2.45) is 0 Å². The number of fused-ring (bicyclic) bond motifs is 2. The molecule has 3 aliphatic heterocycles. The largest absolute Gasteiger partial charge is 0.486 e. The van der Waals surface area contributed by atoms with Crippen LogP contribution in [0.5, 0.6) is 11.5 Å². The average molecular weight is 365 g/mol. The number of piperidine rings is 1. The summed E-state index contributed by atoms with van der Waals surface area (Å²) >= 11 is 0. The van der Waals surface area contributed by atoms with Crippen LogP contribution in [0.25, 0.3) is 0 Å². The van der Waals surface area contributed by atoms with Gasteiger partial charge in [-0.1, -0.05) is 18.2 Å². The molecule has 0 aliphatic carbocycles. The van der Waals surface area contributed by atoms with Crippen LogP contribution in [-0.2, 0) is 6.54 Å². The Morgan fingerprint density at radius 2 is 1.74 bits per heavy atom. The molecule has 2 N–H and O–H groups in total. The lowest BCUT2D eigenvalue weighted by Gasteiger charge is -2.46. The summed E-state index contributed by atoms with van der Waals surface area (Å²) in [4.78, 5) is 14.9. The van der Waals surface area contributed by atoms with Gasteiger partial charge in [0.25, 0.3) is 5.91 Å². The van der Waals surface area contributed by atoms with Crippen molar-refractivity contribution in [3.05, 3.63) is 53.6 Å². The highest BCUT2D eigenvalue weighted by atomic mass is 16.6. The third kappa shape index (κ3) is 3.10. The SMILES string of the molecule is O=C1NC2(CCN(Cc3ccc4c(c3)OCCO4)CC2)Nc2ccccc21. The number of carbonyl (C=O) groups is 1. The van der Waals surface area contributed by atoms with Crippen LogP contribution < -0.4 is 20.1 Å². The van der Waals surface area contributed by atoms with E-state index in [4.69, 9.17) is 9.47 Å².